The molecule has 2 aromatic rings. The Morgan fingerprint density at radius 2 is 1.05 bits per heavy atom. The normalized spacial score (nSPS) is 13.1. The van der Waals surface area contributed by atoms with Gasteiger partial charge in [-0.2, -0.15) is 0 Å². The van der Waals surface area contributed by atoms with E-state index in [1.165, 1.54) is 98.4 Å². The van der Waals surface area contributed by atoms with Crippen molar-refractivity contribution < 1.29 is 21.2 Å². The van der Waals surface area contributed by atoms with Crippen LogP contribution < -0.4 is 0 Å². The Balaban J connectivity index is 0.00000533. The van der Waals surface area contributed by atoms with Crippen LogP contribution in [0.15, 0.2) is 60.2 Å². The van der Waals surface area contributed by atoms with Crippen molar-refractivity contribution >= 4 is 11.4 Å². The third kappa shape index (κ3) is 10.8. The Morgan fingerprint density at radius 1 is 0.564 bits per heavy atom. The number of nitrogens with zero attached hydrogens (tertiary/aromatic N) is 2. The molecule has 1 aliphatic rings. The predicted octanol–water partition coefficient (Wildman–Crippen LogP) is 11.5. The molecular formula is C36H52N2Ni. The summed E-state index contributed by atoms with van der Waals surface area (Å²) in [5.74, 6) is 0. The average Bonchev–Trinajstić information content (AvgIpc) is 3.27. The molecule has 3 heteroatoms. The van der Waals surface area contributed by atoms with Crippen LogP contribution in [0.5, 0.6) is 0 Å². The van der Waals surface area contributed by atoms with Gasteiger partial charge in [-0.05, 0) is 73.9 Å². The summed E-state index contributed by atoms with van der Waals surface area (Å²) in [4.78, 5) is 0. The maximum Gasteiger partial charge on any atom is 0.210 e. The van der Waals surface area contributed by atoms with Gasteiger partial charge >= 0.3 is 0 Å². The van der Waals surface area contributed by atoms with E-state index in [0.717, 1.165) is 54.6 Å². The summed E-state index contributed by atoms with van der Waals surface area (Å²) in [7, 11) is 0. The van der Waals surface area contributed by atoms with Gasteiger partial charge < -0.3 is 5.53 Å². The van der Waals surface area contributed by atoms with E-state index in [-0.39, 0.29) is 16.5 Å². The molecule has 39 heavy (non-hydrogen) atoms. The maximum atomic E-state index is 11.5. The number of aryl methyl sites for hydroxylation is 2. The molecule has 2 aromatic carbocycles. The number of hydrogen-bond donors (Lipinski definition) is 0. The van der Waals surface area contributed by atoms with Crippen LogP contribution in [-0.4, -0.2) is 4.70 Å². The molecule has 2 nitrogen and oxygen atoms in total. The summed E-state index contributed by atoms with van der Waals surface area (Å²) >= 11 is 0. The van der Waals surface area contributed by atoms with Crippen molar-refractivity contribution in [2.45, 2.75) is 130 Å². The fourth-order valence-corrected chi connectivity index (χ4v) is 5.60. The molecular weight excluding hydrogens is 519 g/mol. The first-order chi connectivity index (χ1) is 18.7. The molecule has 1 aliphatic heterocycles. The van der Waals surface area contributed by atoms with Gasteiger partial charge in [0, 0.05) is 39.3 Å². The van der Waals surface area contributed by atoms with Crippen LogP contribution in [0.4, 0.5) is 0 Å². The monoisotopic (exact) mass is 570 g/mol. The minimum atomic E-state index is 0. The van der Waals surface area contributed by atoms with Gasteiger partial charge in [0.1, 0.15) is 0 Å². The van der Waals surface area contributed by atoms with Crippen LogP contribution >= 0.6 is 0 Å². The molecule has 0 N–H and O–H groups in total. The summed E-state index contributed by atoms with van der Waals surface area (Å²) < 4.78 is 1.47. The van der Waals surface area contributed by atoms with E-state index in [1.54, 1.807) is 0 Å². The van der Waals surface area contributed by atoms with E-state index in [4.69, 9.17) is 0 Å². The Hall–Kier alpha value is -1.99. The first kappa shape index (κ1) is 33.2. The fourth-order valence-electron chi connectivity index (χ4n) is 5.60. The van der Waals surface area contributed by atoms with Gasteiger partial charge in [0.2, 0.25) is 11.4 Å². The zero-order chi connectivity index (χ0) is 27.0. The zero-order valence-corrected chi connectivity index (χ0v) is 25.9. The van der Waals surface area contributed by atoms with Gasteiger partial charge in [-0.1, -0.05) is 116 Å². The number of rotatable bonds is 19. The van der Waals surface area contributed by atoms with Gasteiger partial charge in [-0.3, -0.25) is 0 Å². The van der Waals surface area contributed by atoms with Gasteiger partial charge in [0.05, 0.1) is 0 Å². The van der Waals surface area contributed by atoms with Crippen LogP contribution in [0.25, 0.3) is 16.9 Å². The predicted molar refractivity (Wildman–Crippen MR) is 165 cm³/mol. The molecule has 0 spiro atoms. The summed E-state index contributed by atoms with van der Waals surface area (Å²) in [5, 5.41) is 0. The summed E-state index contributed by atoms with van der Waals surface area (Å²) in [6.07, 6.45) is 23.5. The maximum absolute atomic E-state index is 11.5. The molecule has 0 bridgehead atoms. The molecule has 216 valence electrons. The molecule has 3 rings (SSSR count). The molecule has 0 saturated carbocycles. The molecule has 0 atom stereocenters. The van der Waals surface area contributed by atoms with E-state index in [1.807, 2.05) is 0 Å². The number of unbranched alkanes of at least 4 members (excludes halogenated alkanes) is 11. The van der Waals surface area contributed by atoms with E-state index >= 15 is 0 Å². The number of hydrogen-bond acceptors (Lipinski definition) is 0. The largest absolute Gasteiger partial charge is 0.493 e. The SMILES string of the molecule is CCCCCCCCc1cccc(C2=CC(CCCC)=C(c3cccc(CCCCCCCC)c3)[N+]2=[N-])c1.[Ni]. The first-order valence-corrected chi connectivity index (χ1v) is 15.8. The average molecular weight is 572 g/mol. The molecule has 0 unspecified atom stereocenters. The third-order valence-electron chi connectivity index (χ3n) is 7.92. The summed E-state index contributed by atoms with van der Waals surface area (Å²) in [5.41, 5.74) is 19.6. The van der Waals surface area contributed by atoms with Gasteiger partial charge in [-0.25, -0.2) is 4.70 Å². The summed E-state index contributed by atoms with van der Waals surface area (Å²) in [6.45, 7) is 6.79. The van der Waals surface area contributed by atoms with Crippen LogP contribution in [0.3, 0.4) is 0 Å². The van der Waals surface area contributed by atoms with E-state index < -0.39 is 0 Å². The minimum Gasteiger partial charge on any atom is -0.493 e. The van der Waals surface area contributed by atoms with Crippen LogP contribution in [0.1, 0.15) is 139 Å². The van der Waals surface area contributed by atoms with Crippen LogP contribution in [0.2, 0.25) is 0 Å². The van der Waals surface area contributed by atoms with Crippen molar-refractivity contribution in [3.63, 3.8) is 0 Å². The summed E-state index contributed by atoms with van der Waals surface area (Å²) in [6, 6.07) is 17.7. The van der Waals surface area contributed by atoms with Crippen molar-refractivity contribution in [2.75, 3.05) is 0 Å². The second-order valence-corrected chi connectivity index (χ2v) is 11.3. The van der Waals surface area contributed by atoms with Crippen molar-refractivity contribution in [3.8, 4) is 0 Å². The number of allylic oxidation sites excluding steroid dienone is 2. The molecule has 0 saturated heterocycles. The quantitative estimate of drug-likeness (QED) is 0.0911. The molecule has 0 aliphatic carbocycles. The van der Waals surface area contributed by atoms with Gasteiger partial charge in [-0.15, -0.1) is 0 Å². The Morgan fingerprint density at radius 3 is 1.62 bits per heavy atom. The van der Waals surface area contributed by atoms with Crippen molar-refractivity contribution in [1.82, 2.24) is 0 Å². The van der Waals surface area contributed by atoms with E-state index in [0.29, 0.717) is 0 Å². The smallest absolute Gasteiger partial charge is 0.210 e. The first-order valence-electron chi connectivity index (χ1n) is 15.8. The van der Waals surface area contributed by atoms with Crippen molar-refractivity contribution in [1.29, 1.82) is 0 Å². The standard InChI is InChI=1S/C36H52N2.Ni/c1-4-7-10-12-14-16-20-30-22-18-25-32(27-30)35-29-34(24-9-6-3)36(38(35)37)33-26-19-23-31(28-33)21-17-15-13-11-8-5-2;/h18-19,22-23,25-29H,4-17,20-21,24H2,1-3H3;. The van der Waals surface area contributed by atoms with Crippen molar-refractivity contribution in [2.24, 2.45) is 0 Å². The van der Waals surface area contributed by atoms with Gasteiger partial charge in [0.25, 0.3) is 0 Å². The van der Waals surface area contributed by atoms with Gasteiger partial charge in [0.15, 0.2) is 0 Å². The molecule has 0 aromatic heterocycles. The second kappa shape index (κ2) is 19.2. The fraction of sp³-hybridized carbons (Fsp3) is 0.556. The Kier molecular flexibility index (Phi) is 16.3. The molecule has 1 heterocycles. The van der Waals surface area contributed by atoms with Crippen LogP contribution in [-0.2, 0) is 29.3 Å². The minimum absolute atomic E-state index is 0. The van der Waals surface area contributed by atoms with Crippen molar-refractivity contribution in [3.05, 3.63) is 88.0 Å². The van der Waals surface area contributed by atoms with E-state index in [9.17, 15) is 5.53 Å². The number of benzene rings is 2. The van der Waals surface area contributed by atoms with E-state index in [2.05, 4.69) is 75.4 Å². The topological polar surface area (TPSA) is 25.3 Å². The molecule has 0 amide bonds. The Labute approximate surface area is 249 Å². The molecule has 0 fully saturated rings. The molecule has 0 radical (unpaired) electrons. The van der Waals surface area contributed by atoms with Crippen LogP contribution in [0, 0.1) is 0 Å². The third-order valence-corrected chi connectivity index (χ3v) is 7.92. The second-order valence-electron chi connectivity index (χ2n) is 11.3. The zero-order valence-electron chi connectivity index (χ0n) is 24.9. The Bertz CT molecular complexity index is 1070.